The van der Waals surface area contributed by atoms with Crippen LogP contribution in [0.3, 0.4) is 0 Å². The van der Waals surface area contributed by atoms with E-state index in [2.05, 4.69) is 6.07 Å². The smallest absolute Gasteiger partial charge is 0.226 e. The molecule has 0 spiro atoms. The van der Waals surface area contributed by atoms with Gasteiger partial charge in [-0.2, -0.15) is 0 Å². The van der Waals surface area contributed by atoms with Crippen molar-refractivity contribution in [1.29, 1.82) is 0 Å². The van der Waals surface area contributed by atoms with E-state index in [-0.39, 0.29) is 18.6 Å². The maximum Gasteiger partial charge on any atom is 0.226 e. The molecular formula is C16H25NO3. The monoisotopic (exact) mass is 279 g/mol. The average Bonchev–Trinajstić information content (AvgIpc) is 2.34. The van der Waals surface area contributed by atoms with E-state index in [9.17, 15) is 4.79 Å². The molecule has 1 rings (SSSR count). The van der Waals surface area contributed by atoms with Crippen LogP contribution in [-0.2, 0) is 4.79 Å². The number of aryl methyl sites for hydroxylation is 2. The van der Waals surface area contributed by atoms with Crippen molar-refractivity contribution in [2.45, 2.75) is 40.2 Å². The minimum Gasteiger partial charge on any atom is -0.493 e. The molecule has 1 N–H and O–H groups in total. The number of amides is 1. The first-order chi connectivity index (χ1) is 9.43. The number of rotatable bonds is 7. The number of carbonyl (C=O) groups is 1. The maximum atomic E-state index is 12.0. The Morgan fingerprint density at radius 3 is 2.35 bits per heavy atom. The highest BCUT2D eigenvalue weighted by Gasteiger charge is 2.15. The first kappa shape index (κ1) is 16.5. The zero-order chi connectivity index (χ0) is 15.1. The molecule has 0 radical (unpaired) electrons. The fourth-order valence-electron chi connectivity index (χ4n) is 2.19. The second-order valence-electron chi connectivity index (χ2n) is 5.33. The first-order valence-electron chi connectivity index (χ1n) is 7.05. The molecule has 0 saturated heterocycles. The predicted octanol–water partition coefficient (Wildman–Crippen LogP) is 2.30. The Labute approximate surface area is 121 Å². The van der Waals surface area contributed by atoms with E-state index in [0.29, 0.717) is 19.6 Å². The lowest BCUT2D eigenvalue weighted by molar-refractivity contribution is -0.133. The Kier molecular flexibility index (Phi) is 6.52. The fourth-order valence-corrected chi connectivity index (χ4v) is 2.19. The molecule has 0 heterocycles. The van der Waals surface area contributed by atoms with E-state index in [0.717, 1.165) is 16.9 Å². The van der Waals surface area contributed by atoms with Crippen LogP contribution < -0.4 is 4.74 Å². The molecule has 20 heavy (non-hydrogen) atoms. The van der Waals surface area contributed by atoms with Crippen LogP contribution in [0.2, 0.25) is 0 Å². The second kappa shape index (κ2) is 7.90. The Bertz CT molecular complexity index is 423. The minimum absolute atomic E-state index is 0.0121. The summed E-state index contributed by atoms with van der Waals surface area (Å²) in [5.74, 6) is 0.812. The van der Waals surface area contributed by atoms with Gasteiger partial charge in [-0.05, 0) is 51.0 Å². The van der Waals surface area contributed by atoms with Crippen LogP contribution in [0.1, 0.15) is 31.4 Å². The molecule has 0 fully saturated rings. The summed E-state index contributed by atoms with van der Waals surface area (Å²) >= 11 is 0. The number of carbonyl (C=O) groups excluding carboxylic acids is 1. The quantitative estimate of drug-likeness (QED) is 0.833. The Morgan fingerprint density at radius 1 is 1.25 bits per heavy atom. The van der Waals surface area contributed by atoms with Gasteiger partial charge in [0.1, 0.15) is 5.75 Å². The number of hydrogen-bond acceptors (Lipinski definition) is 3. The molecule has 0 aromatic heterocycles. The summed E-state index contributed by atoms with van der Waals surface area (Å²) in [5.41, 5.74) is 2.30. The lowest BCUT2D eigenvalue weighted by Crippen LogP contribution is -2.39. The molecule has 0 bridgehead atoms. The van der Waals surface area contributed by atoms with Crippen LogP contribution >= 0.6 is 0 Å². The Morgan fingerprint density at radius 2 is 1.85 bits per heavy atom. The number of aliphatic hydroxyl groups is 1. The molecule has 0 atom stereocenters. The number of hydrogen-bond donors (Lipinski definition) is 1. The van der Waals surface area contributed by atoms with Crippen molar-refractivity contribution < 1.29 is 14.6 Å². The van der Waals surface area contributed by atoms with Crippen molar-refractivity contribution in [1.82, 2.24) is 4.90 Å². The number of nitrogens with zero attached hydrogens (tertiary/aromatic N) is 1. The molecule has 0 saturated carbocycles. The van der Waals surface area contributed by atoms with Crippen molar-refractivity contribution in [3.05, 3.63) is 29.3 Å². The molecular weight excluding hydrogens is 254 g/mol. The van der Waals surface area contributed by atoms with Gasteiger partial charge in [-0.25, -0.2) is 0 Å². The SMILES string of the molecule is Cc1cc(C)cc(OCCC(=O)N(CCO)C(C)C)c1. The van der Waals surface area contributed by atoms with E-state index in [1.54, 1.807) is 4.90 Å². The molecule has 0 aliphatic carbocycles. The van der Waals surface area contributed by atoms with Crippen molar-refractivity contribution in [2.75, 3.05) is 19.8 Å². The third-order valence-corrected chi connectivity index (χ3v) is 3.06. The zero-order valence-electron chi connectivity index (χ0n) is 12.8. The summed E-state index contributed by atoms with van der Waals surface area (Å²) in [6.45, 7) is 8.65. The van der Waals surface area contributed by atoms with Crippen LogP contribution in [0.15, 0.2) is 18.2 Å². The van der Waals surface area contributed by atoms with E-state index in [4.69, 9.17) is 9.84 Å². The zero-order valence-corrected chi connectivity index (χ0v) is 12.8. The molecule has 0 unspecified atom stereocenters. The van der Waals surface area contributed by atoms with E-state index in [1.165, 1.54) is 0 Å². The maximum absolute atomic E-state index is 12.0. The Hall–Kier alpha value is -1.55. The Balaban J connectivity index is 2.48. The first-order valence-corrected chi connectivity index (χ1v) is 7.05. The van der Waals surface area contributed by atoms with Gasteiger partial charge < -0.3 is 14.7 Å². The van der Waals surface area contributed by atoms with E-state index < -0.39 is 0 Å². The molecule has 0 aliphatic rings. The molecule has 4 nitrogen and oxygen atoms in total. The highest BCUT2D eigenvalue weighted by Crippen LogP contribution is 2.16. The number of benzene rings is 1. The van der Waals surface area contributed by atoms with Crippen molar-refractivity contribution in [3.63, 3.8) is 0 Å². The average molecular weight is 279 g/mol. The van der Waals surface area contributed by atoms with Crippen LogP contribution in [0.25, 0.3) is 0 Å². The van der Waals surface area contributed by atoms with Crippen molar-refractivity contribution in [3.8, 4) is 5.75 Å². The molecule has 0 aliphatic heterocycles. The van der Waals surface area contributed by atoms with Crippen LogP contribution in [0.4, 0.5) is 0 Å². The van der Waals surface area contributed by atoms with Gasteiger partial charge in [0.25, 0.3) is 0 Å². The van der Waals surface area contributed by atoms with Gasteiger partial charge in [0, 0.05) is 12.6 Å². The third-order valence-electron chi connectivity index (χ3n) is 3.06. The van der Waals surface area contributed by atoms with E-state index >= 15 is 0 Å². The third kappa shape index (κ3) is 5.21. The largest absolute Gasteiger partial charge is 0.493 e. The van der Waals surface area contributed by atoms with Crippen LogP contribution in [0.5, 0.6) is 5.75 Å². The van der Waals surface area contributed by atoms with Crippen LogP contribution in [0, 0.1) is 13.8 Å². The van der Waals surface area contributed by atoms with Crippen molar-refractivity contribution in [2.24, 2.45) is 0 Å². The summed E-state index contributed by atoms with van der Waals surface area (Å²) < 4.78 is 5.64. The van der Waals surface area contributed by atoms with Gasteiger partial charge in [-0.3, -0.25) is 4.79 Å². The summed E-state index contributed by atoms with van der Waals surface area (Å²) in [6, 6.07) is 6.10. The summed E-state index contributed by atoms with van der Waals surface area (Å²) in [6.07, 6.45) is 0.325. The fraction of sp³-hybridized carbons (Fsp3) is 0.562. The molecule has 1 aromatic rings. The predicted molar refractivity (Wildman–Crippen MR) is 80.0 cm³/mol. The normalized spacial score (nSPS) is 10.7. The molecule has 112 valence electrons. The highest BCUT2D eigenvalue weighted by molar-refractivity contribution is 5.76. The van der Waals surface area contributed by atoms with Gasteiger partial charge in [-0.1, -0.05) is 6.07 Å². The van der Waals surface area contributed by atoms with Gasteiger partial charge in [0.05, 0.1) is 19.6 Å². The number of aliphatic hydroxyl groups excluding tert-OH is 1. The van der Waals surface area contributed by atoms with Crippen molar-refractivity contribution >= 4 is 5.91 Å². The lowest BCUT2D eigenvalue weighted by Gasteiger charge is -2.26. The summed E-state index contributed by atoms with van der Waals surface area (Å²) in [7, 11) is 0. The highest BCUT2D eigenvalue weighted by atomic mass is 16.5. The second-order valence-corrected chi connectivity index (χ2v) is 5.33. The van der Waals surface area contributed by atoms with Gasteiger partial charge in [-0.15, -0.1) is 0 Å². The number of ether oxygens (including phenoxy) is 1. The van der Waals surface area contributed by atoms with Gasteiger partial charge in [0.15, 0.2) is 0 Å². The standard InChI is InChI=1S/C16H25NO3/c1-12(2)17(6-7-18)16(19)5-8-20-15-10-13(3)9-14(4)11-15/h9-12,18H,5-8H2,1-4H3. The summed E-state index contributed by atoms with van der Waals surface area (Å²) in [5, 5.41) is 8.97. The molecule has 4 heteroatoms. The molecule has 1 amide bonds. The minimum atomic E-state index is -0.0121. The van der Waals surface area contributed by atoms with E-state index in [1.807, 2.05) is 39.8 Å². The van der Waals surface area contributed by atoms with Gasteiger partial charge in [0.2, 0.25) is 5.91 Å². The summed E-state index contributed by atoms with van der Waals surface area (Å²) in [4.78, 5) is 13.7. The lowest BCUT2D eigenvalue weighted by atomic mass is 10.1. The van der Waals surface area contributed by atoms with Crippen LogP contribution in [-0.4, -0.2) is 41.7 Å². The molecule has 1 aromatic carbocycles. The van der Waals surface area contributed by atoms with Gasteiger partial charge >= 0.3 is 0 Å². The topological polar surface area (TPSA) is 49.8 Å².